The molecule has 34 heavy (non-hydrogen) atoms. The van der Waals surface area contributed by atoms with Crippen LogP contribution in [0.4, 0.5) is 13.2 Å². The van der Waals surface area contributed by atoms with Crippen LogP contribution >= 0.6 is 11.3 Å². The number of thiazole rings is 1. The predicted octanol–water partition coefficient (Wildman–Crippen LogP) is 8.31. The number of alkyl halides is 3. The van der Waals surface area contributed by atoms with E-state index < -0.39 is 11.7 Å². The Labute approximate surface area is 197 Å². The number of furan rings is 1. The standard InChI is InChI=1S/C27H15F3N2OS/c28-27(29,30)20-8-3-7-18(13-20)25-12-11-21(33-25)14-19(15-31)26-32-24(16-34-26)23-10-4-6-17-5-1-2-9-22(17)23/h1-14,16H/b19-14+. The zero-order valence-electron chi connectivity index (χ0n) is 17.5. The molecule has 5 rings (SSSR count). The van der Waals surface area contributed by atoms with Gasteiger partial charge in [0.05, 0.1) is 16.8 Å². The van der Waals surface area contributed by atoms with Crippen LogP contribution < -0.4 is 0 Å². The van der Waals surface area contributed by atoms with Crippen molar-refractivity contribution in [2.75, 3.05) is 0 Å². The van der Waals surface area contributed by atoms with Crippen molar-refractivity contribution in [2.24, 2.45) is 0 Å². The van der Waals surface area contributed by atoms with Crippen molar-refractivity contribution in [2.45, 2.75) is 6.18 Å². The summed E-state index contributed by atoms with van der Waals surface area (Å²) in [6.07, 6.45) is -2.89. The van der Waals surface area contributed by atoms with E-state index >= 15 is 0 Å². The first-order chi connectivity index (χ1) is 16.4. The van der Waals surface area contributed by atoms with Crippen LogP contribution in [0.25, 0.3) is 45.0 Å². The zero-order chi connectivity index (χ0) is 23.7. The number of rotatable bonds is 4. The number of hydrogen-bond acceptors (Lipinski definition) is 4. The van der Waals surface area contributed by atoms with Crippen molar-refractivity contribution < 1.29 is 17.6 Å². The van der Waals surface area contributed by atoms with Gasteiger partial charge in [-0.15, -0.1) is 11.3 Å². The molecule has 0 aliphatic carbocycles. The largest absolute Gasteiger partial charge is 0.457 e. The van der Waals surface area contributed by atoms with Gasteiger partial charge in [-0.1, -0.05) is 54.6 Å². The summed E-state index contributed by atoms with van der Waals surface area (Å²) in [5, 5.41) is 14.3. The van der Waals surface area contributed by atoms with Gasteiger partial charge in [-0.2, -0.15) is 18.4 Å². The molecule has 0 amide bonds. The fraction of sp³-hybridized carbons (Fsp3) is 0.0370. The van der Waals surface area contributed by atoms with Gasteiger partial charge in [0, 0.05) is 22.6 Å². The normalized spacial score (nSPS) is 12.1. The maximum absolute atomic E-state index is 13.0. The lowest BCUT2D eigenvalue weighted by Gasteiger charge is -2.07. The molecular weight excluding hydrogens is 457 g/mol. The van der Waals surface area contributed by atoms with Gasteiger partial charge in [0.1, 0.15) is 22.6 Å². The van der Waals surface area contributed by atoms with E-state index in [0.717, 1.165) is 34.2 Å². The highest BCUT2D eigenvalue weighted by molar-refractivity contribution is 7.11. The zero-order valence-corrected chi connectivity index (χ0v) is 18.3. The monoisotopic (exact) mass is 472 g/mol. The van der Waals surface area contributed by atoms with Crippen molar-refractivity contribution in [3.63, 3.8) is 0 Å². The van der Waals surface area contributed by atoms with Crippen LogP contribution in [0.5, 0.6) is 0 Å². The van der Waals surface area contributed by atoms with Gasteiger partial charge in [-0.05, 0) is 35.0 Å². The van der Waals surface area contributed by atoms with Gasteiger partial charge < -0.3 is 4.42 Å². The molecule has 2 heterocycles. The van der Waals surface area contributed by atoms with Crippen molar-refractivity contribution in [1.82, 2.24) is 4.98 Å². The first-order valence-electron chi connectivity index (χ1n) is 10.3. The summed E-state index contributed by atoms with van der Waals surface area (Å²) in [6, 6.07) is 24.3. The average Bonchev–Trinajstić information content (AvgIpc) is 3.52. The highest BCUT2D eigenvalue weighted by atomic mass is 32.1. The maximum Gasteiger partial charge on any atom is 0.416 e. The Balaban J connectivity index is 1.46. The second kappa shape index (κ2) is 8.65. The minimum Gasteiger partial charge on any atom is -0.457 e. The summed E-state index contributed by atoms with van der Waals surface area (Å²) in [5.41, 5.74) is 1.60. The lowest BCUT2D eigenvalue weighted by Crippen LogP contribution is -2.04. The Bertz CT molecular complexity index is 1570. The van der Waals surface area contributed by atoms with Crippen LogP contribution in [0.15, 0.2) is 88.7 Å². The molecule has 0 atom stereocenters. The Morgan fingerprint density at radius 3 is 2.59 bits per heavy atom. The summed E-state index contributed by atoms with van der Waals surface area (Å²) in [6.45, 7) is 0. The molecule has 0 N–H and O–H groups in total. The second-order valence-corrected chi connectivity index (χ2v) is 8.37. The summed E-state index contributed by atoms with van der Waals surface area (Å²) in [5.74, 6) is 0.635. The van der Waals surface area contributed by atoms with E-state index in [0.29, 0.717) is 21.9 Å². The minimum absolute atomic E-state index is 0.283. The third kappa shape index (κ3) is 4.24. The molecule has 0 fully saturated rings. The fourth-order valence-electron chi connectivity index (χ4n) is 3.69. The highest BCUT2D eigenvalue weighted by Crippen LogP contribution is 2.34. The number of fused-ring (bicyclic) bond motifs is 1. The molecule has 0 aliphatic heterocycles. The quantitative estimate of drug-likeness (QED) is 0.247. The van der Waals surface area contributed by atoms with Crippen LogP contribution in [0.3, 0.4) is 0 Å². The number of nitrogens with zero attached hydrogens (tertiary/aromatic N) is 2. The van der Waals surface area contributed by atoms with E-state index in [9.17, 15) is 18.4 Å². The molecule has 3 aromatic carbocycles. The summed E-state index contributed by atoms with van der Waals surface area (Å²) >= 11 is 1.34. The number of aromatic nitrogens is 1. The average molecular weight is 472 g/mol. The number of benzene rings is 3. The number of halogens is 3. The third-order valence-electron chi connectivity index (χ3n) is 5.31. The third-order valence-corrected chi connectivity index (χ3v) is 6.18. The molecular formula is C27H15F3N2OS. The fourth-order valence-corrected chi connectivity index (χ4v) is 4.47. The van der Waals surface area contributed by atoms with Gasteiger partial charge in [0.2, 0.25) is 0 Å². The van der Waals surface area contributed by atoms with Crippen molar-refractivity contribution in [3.8, 4) is 28.7 Å². The minimum atomic E-state index is -4.44. The van der Waals surface area contributed by atoms with Crippen LogP contribution in [0.1, 0.15) is 16.3 Å². The van der Waals surface area contributed by atoms with E-state index in [-0.39, 0.29) is 5.76 Å². The predicted molar refractivity (Wildman–Crippen MR) is 128 cm³/mol. The van der Waals surface area contributed by atoms with Crippen LogP contribution in [-0.2, 0) is 6.18 Å². The Hall–Kier alpha value is -4.15. The number of nitriles is 1. The van der Waals surface area contributed by atoms with E-state index in [1.54, 1.807) is 24.3 Å². The molecule has 5 aromatic rings. The summed E-state index contributed by atoms with van der Waals surface area (Å²) < 4.78 is 44.8. The molecule has 0 unspecified atom stereocenters. The molecule has 0 radical (unpaired) electrons. The van der Waals surface area contributed by atoms with Gasteiger partial charge in [-0.25, -0.2) is 4.98 Å². The smallest absolute Gasteiger partial charge is 0.416 e. The van der Waals surface area contributed by atoms with Gasteiger partial charge >= 0.3 is 6.18 Å². The van der Waals surface area contributed by atoms with E-state index in [1.807, 2.05) is 47.8 Å². The Kier molecular flexibility index (Phi) is 5.52. The van der Waals surface area contributed by atoms with E-state index in [4.69, 9.17) is 4.42 Å². The van der Waals surface area contributed by atoms with E-state index in [1.165, 1.54) is 17.4 Å². The number of hydrogen-bond donors (Lipinski definition) is 0. The molecule has 3 nitrogen and oxygen atoms in total. The SMILES string of the molecule is N#C/C(=C\c1ccc(-c2cccc(C(F)(F)F)c2)o1)c1nc(-c2cccc3ccccc23)cs1. The van der Waals surface area contributed by atoms with Gasteiger partial charge in [0.25, 0.3) is 0 Å². The summed E-state index contributed by atoms with van der Waals surface area (Å²) in [4.78, 5) is 4.66. The first kappa shape index (κ1) is 21.7. The van der Waals surface area contributed by atoms with E-state index in [2.05, 4.69) is 11.1 Å². The molecule has 0 bridgehead atoms. The topological polar surface area (TPSA) is 49.8 Å². The Morgan fingerprint density at radius 1 is 0.971 bits per heavy atom. The van der Waals surface area contributed by atoms with Crippen LogP contribution in [0.2, 0.25) is 0 Å². The van der Waals surface area contributed by atoms with Crippen molar-refractivity contribution >= 4 is 33.8 Å². The molecule has 0 spiro atoms. The highest BCUT2D eigenvalue weighted by Gasteiger charge is 2.30. The maximum atomic E-state index is 13.0. The first-order valence-corrected chi connectivity index (χ1v) is 11.1. The summed E-state index contributed by atoms with van der Waals surface area (Å²) in [7, 11) is 0. The molecule has 7 heteroatoms. The molecule has 2 aromatic heterocycles. The van der Waals surface area contributed by atoms with Crippen LogP contribution in [-0.4, -0.2) is 4.98 Å². The molecule has 0 aliphatic rings. The van der Waals surface area contributed by atoms with Gasteiger partial charge in [0.15, 0.2) is 0 Å². The van der Waals surface area contributed by atoms with Crippen molar-refractivity contribution in [3.05, 3.63) is 101 Å². The van der Waals surface area contributed by atoms with Crippen molar-refractivity contribution in [1.29, 1.82) is 5.26 Å². The lowest BCUT2D eigenvalue weighted by molar-refractivity contribution is -0.137. The lowest BCUT2D eigenvalue weighted by atomic mass is 10.0. The van der Waals surface area contributed by atoms with Crippen LogP contribution in [0, 0.1) is 11.3 Å². The number of allylic oxidation sites excluding steroid dienone is 1. The molecule has 166 valence electrons. The molecule has 0 saturated carbocycles. The Morgan fingerprint density at radius 2 is 1.76 bits per heavy atom. The molecule has 0 saturated heterocycles. The van der Waals surface area contributed by atoms with Gasteiger partial charge in [-0.3, -0.25) is 0 Å². The second-order valence-electron chi connectivity index (χ2n) is 7.52.